The highest BCUT2D eigenvalue weighted by molar-refractivity contribution is 5.33. The van der Waals surface area contributed by atoms with Crippen LogP contribution in [0.3, 0.4) is 0 Å². The SMILES string of the molecule is CC(C)[C@H](CC[C@@H](C)[C@H]1[C@@H](O)C[C@@]2(C)[C@@H]3CC[C@H]4C(C)(C)[C@@H](O[C@@H]5O[C@H](CO)[C@@H](O)[C@H](O)[C@H]5O[C@@H]5O[C@H](CO)[C@@H](O)[C@H](O[C@@H]6O[C@H](CO)[C@@H](O)[C@H](O)[C@H]6O)[C@H]5O)CC[C@@]45C[C@@]35[C@H](O)C[C@]12C)O[C@H]1O[C@H](CO)[C@@H](O)[C@H](O)[C@H]1O. The van der Waals surface area contributed by atoms with E-state index in [0.29, 0.717) is 38.5 Å². The van der Waals surface area contributed by atoms with E-state index in [1.54, 1.807) is 0 Å². The van der Waals surface area contributed by atoms with Crippen molar-refractivity contribution in [2.24, 2.45) is 56.7 Å². The molecule has 9 rings (SSSR count). The summed E-state index contributed by atoms with van der Waals surface area (Å²) < 4.78 is 48.2. The first-order valence-corrected chi connectivity index (χ1v) is 28.5. The van der Waals surface area contributed by atoms with Gasteiger partial charge in [-0.05, 0) is 109 Å². The Bertz CT molecular complexity index is 2020. The van der Waals surface area contributed by atoms with Gasteiger partial charge in [-0.3, -0.25) is 0 Å². The average molecular weight is 1130 g/mol. The minimum absolute atomic E-state index is 0.00876. The molecule has 16 N–H and O–H groups in total. The maximum Gasteiger partial charge on any atom is 0.187 e. The van der Waals surface area contributed by atoms with Crippen molar-refractivity contribution in [3.8, 4) is 0 Å². The third-order valence-corrected chi connectivity index (χ3v) is 21.9. The zero-order chi connectivity index (χ0) is 57.1. The molecule has 5 aliphatic carbocycles. The van der Waals surface area contributed by atoms with Crippen LogP contribution in [0.4, 0.5) is 0 Å². The molecule has 0 amide bonds. The Morgan fingerprint density at radius 1 is 0.487 bits per heavy atom. The predicted molar refractivity (Wildman–Crippen MR) is 265 cm³/mol. The lowest BCUT2D eigenvalue weighted by Gasteiger charge is -2.64. The number of hydrogen-bond donors (Lipinski definition) is 16. The van der Waals surface area contributed by atoms with E-state index in [-0.39, 0.29) is 40.4 Å². The molecule has 0 aromatic carbocycles. The summed E-state index contributed by atoms with van der Waals surface area (Å²) in [5, 5.41) is 174. The zero-order valence-electron chi connectivity index (χ0n) is 45.9. The number of aliphatic hydroxyl groups excluding tert-OH is 16. The molecule has 4 saturated heterocycles. The topological polar surface area (TPSA) is 398 Å². The fraction of sp³-hybridized carbons (Fsp3) is 1.00. The van der Waals surface area contributed by atoms with Gasteiger partial charge in [-0.2, -0.15) is 0 Å². The zero-order valence-corrected chi connectivity index (χ0v) is 45.9. The van der Waals surface area contributed by atoms with Crippen LogP contribution in [0.1, 0.15) is 106 Å². The summed E-state index contributed by atoms with van der Waals surface area (Å²) in [7, 11) is 0. The molecule has 0 aromatic heterocycles. The standard InChI is InChI=1S/C54H92O24/c1-21(2)24(71-46-41(68)38(65)34(61)25(16-55)72-46)9-8-22(3)33-23(59)14-51(6)30-11-10-29-50(4,5)32(12-13-53(29)20-54(30,53)31(60)15-52(33,51)7)76-49-45(40(67)36(63)27(18-57)75-49)78-48-43(70)44(37(64)28(19-58)74-48)77-47-42(69)39(66)35(62)26(17-56)73-47/h21-49,55-70H,8-20H2,1-7H3/t22-,23+,24+,25-,26-,27-,28-,29+,30+,31-,32+,33+,34-,35-,36-,37-,38+,39+,40+,41-,42-,43-,44+,45-,46+,47+,48+,49+,51+,52-,53-,54+/m1/s1. The molecule has 9 fully saturated rings. The number of fused-ring (bicyclic) bond motifs is 2. The van der Waals surface area contributed by atoms with Gasteiger partial charge in [0.2, 0.25) is 0 Å². The minimum atomic E-state index is -1.97. The number of aliphatic hydroxyl groups is 16. The van der Waals surface area contributed by atoms with Crippen molar-refractivity contribution in [2.45, 2.75) is 253 Å². The summed E-state index contributed by atoms with van der Waals surface area (Å²) >= 11 is 0. The van der Waals surface area contributed by atoms with E-state index in [1.165, 1.54) is 0 Å². The molecule has 452 valence electrons. The summed E-state index contributed by atoms with van der Waals surface area (Å²) in [5.41, 5.74) is -2.10. The van der Waals surface area contributed by atoms with E-state index in [0.717, 1.165) is 19.3 Å². The highest BCUT2D eigenvalue weighted by Gasteiger charge is 2.85. The second-order valence-electron chi connectivity index (χ2n) is 26.4. The molecule has 78 heavy (non-hydrogen) atoms. The quantitative estimate of drug-likeness (QED) is 0.0627. The molecule has 32 atom stereocenters. The van der Waals surface area contributed by atoms with Crippen LogP contribution in [0.15, 0.2) is 0 Å². The lowest BCUT2D eigenvalue weighted by Crippen LogP contribution is -2.67. The minimum Gasteiger partial charge on any atom is -0.394 e. The number of rotatable bonds is 17. The van der Waals surface area contributed by atoms with Crippen molar-refractivity contribution >= 4 is 0 Å². The van der Waals surface area contributed by atoms with Crippen LogP contribution in [0.2, 0.25) is 0 Å². The van der Waals surface area contributed by atoms with Gasteiger partial charge >= 0.3 is 0 Å². The van der Waals surface area contributed by atoms with Gasteiger partial charge in [0, 0.05) is 5.41 Å². The van der Waals surface area contributed by atoms with Crippen LogP contribution < -0.4 is 0 Å². The molecule has 0 unspecified atom stereocenters. The summed E-state index contributed by atoms with van der Waals surface area (Å²) in [5.74, 6) is -0.0817. The van der Waals surface area contributed by atoms with Crippen molar-refractivity contribution in [3.05, 3.63) is 0 Å². The molecular formula is C54H92O24. The lowest BCUT2D eigenvalue weighted by molar-refractivity contribution is -0.391. The molecule has 0 aromatic rings. The van der Waals surface area contributed by atoms with E-state index < -0.39 is 190 Å². The van der Waals surface area contributed by atoms with E-state index in [2.05, 4.69) is 34.6 Å². The Morgan fingerprint density at radius 3 is 1.56 bits per heavy atom. The first-order valence-electron chi connectivity index (χ1n) is 28.5. The van der Waals surface area contributed by atoms with Gasteiger partial charge in [0.05, 0.1) is 50.8 Å². The first kappa shape index (κ1) is 61.6. The molecule has 5 saturated carbocycles. The maximum absolute atomic E-state index is 12.8. The van der Waals surface area contributed by atoms with Gasteiger partial charge in [-0.25, -0.2) is 0 Å². The second kappa shape index (κ2) is 22.8. The van der Waals surface area contributed by atoms with Crippen molar-refractivity contribution in [1.82, 2.24) is 0 Å². The van der Waals surface area contributed by atoms with Gasteiger partial charge in [0.1, 0.15) is 97.7 Å². The Balaban J connectivity index is 0.894. The molecule has 4 aliphatic heterocycles. The largest absolute Gasteiger partial charge is 0.394 e. The van der Waals surface area contributed by atoms with E-state index in [4.69, 9.17) is 37.9 Å². The Hall–Kier alpha value is -0.960. The van der Waals surface area contributed by atoms with Crippen LogP contribution in [-0.4, -0.2) is 255 Å². The smallest absolute Gasteiger partial charge is 0.187 e. The monoisotopic (exact) mass is 1120 g/mol. The lowest BCUT2D eigenvalue weighted by atomic mass is 9.41. The predicted octanol–water partition coefficient (Wildman–Crippen LogP) is -3.54. The first-order chi connectivity index (χ1) is 36.6. The fourth-order valence-electron chi connectivity index (χ4n) is 17.5. The molecular weight excluding hydrogens is 1030 g/mol. The Labute approximate surface area is 455 Å². The highest BCUT2D eigenvalue weighted by atomic mass is 16.8. The second-order valence-corrected chi connectivity index (χ2v) is 26.4. The molecule has 0 bridgehead atoms. The number of ether oxygens (including phenoxy) is 8. The Kier molecular flexibility index (Phi) is 18.0. The fourth-order valence-corrected chi connectivity index (χ4v) is 17.5. The highest BCUT2D eigenvalue weighted by Crippen LogP contribution is 2.89. The molecule has 24 nitrogen and oxygen atoms in total. The molecule has 24 heteroatoms. The van der Waals surface area contributed by atoms with Crippen LogP contribution in [0, 0.1) is 56.7 Å². The van der Waals surface area contributed by atoms with Gasteiger partial charge in [0.15, 0.2) is 25.2 Å². The van der Waals surface area contributed by atoms with Crippen molar-refractivity contribution in [3.63, 3.8) is 0 Å². The van der Waals surface area contributed by atoms with Crippen molar-refractivity contribution in [1.29, 1.82) is 0 Å². The van der Waals surface area contributed by atoms with E-state index in [9.17, 15) is 81.7 Å². The normalized spacial score (nSPS) is 54.6. The van der Waals surface area contributed by atoms with Crippen LogP contribution in [0.25, 0.3) is 0 Å². The van der Waals surface area contributed by atoms with Crippen LogP contribution in [0.5, 0.6) is 0 Å². The van der Waals surface area contributed by atoms with E-state index >= 15 is 0 Å². The summed E-state index contributed by atoms with van der Waals surface area (Å²) in [6.45, 7) is 11.9. The third-order valence-electron chi connectivity index (χ3n) is 21.9. The van der Waals surface area contributed by atoms with E-state index in [1.807, 2.05) is 13.8 Å². The Morgan fingerprint density at radius 2 is 0.987 bits per heavy atom. The van der Waals surface area contributed by atoms with Gasteiger partial charge in [-0.15, -0.1) is 0 Å². The summed E-state index contributed by atoms with van der Waals surface area (Å²) in [6.07, 6.45) is -29.2. The molecule has 4 heterocycles. The summed E-state index contributed by atoms with van der Waals surface area (Å²) in [6, 6.07) is 0. The summed E-state index contributed by atoms with van der Waals surface area (Å²) in [4.78, 5) is 0. The van der Waals surface area contributed by atoms with Crippen molar-refractivity contribution < 1.29 is 120 Å². The van der Waals surface area contributed by atoms with Gasteiger partial charge in [-0.1, -0.05) is 48.5 Å². The van der Waals surface area contributed by atoms with Gasteiger partial charge in [0.25, 0.3) is 0 Å². The molecule has 9 aliphatic rings. The maximum atomic E-state index is 12.8. The van der Waals surface area contributed by atoms with Crippen LogP contribution in [-0.2, 0) is 37.9 Å². The molecule has 2 spiro atoms. The third kappa shape index (κ3) is 9.78. The van der Waals surface area contributed by atoms with Crippen molar-refractivity contribution in [2.75, 3.05) is 26.4 Å². The molecule has 0 radical (unpaired) electrons. The average Bonchev–Trinajstić information content (AvgIpc) is 2.89. The van der Waals surface area contributed by atoms with Gasteiger partial charge < -0.3 is 120 Å². The van der Waals surface area contributed by atoms with Crippen LogP contribution >= 0.6 is 0 Å². The number of hydrogen-bond acceptors (Lipinski definition) is 24.